The van der Waals surface area contributed by atoms with E-state index in [-0.39, 0.29) is 12.4 Å². The Morgan fingerprint density at radius 3 is 2.62 bits per heavy atom. The third kappa shape index (κ3) is 4.61. The van der Waals surface area contributed by atoms with Crippen molar-refractivity contribution in [1.82, 2.24) is 4.98 Å². The minimum atomic E-state index is -0.414. The molecule has 1 unspecified atom stereocenters. The number of ether oxygens (including phenoxy) is 1. The summed E-state index contributed by atoms with van der Waals surface area (Å²) >= 11 is 6.26. The molecule has 0 fully saturated rings. The van der Waals surface area contributed by atoms with Crippen LogP contribution in [0.25, 0.3) is 0 Å². The minimum absolute atomic E-state index is 0.147. The number of carbonyl (C=O) groups excluding carboxylic acids is 1. The zero-order valence-corrected chi connectivity index (χ0v) is 14.9. The maximum absolute atomic E-state index is 11.5. The fourth-order valence-electron chi connectivity index (χ4n) is 2.34. The Labute approximate surface area is 147 Å². The first-order valence-corrected chi connectivity index (χ1v) is 8.24. The molecule has 6 heteroatoms. The maximum atomic E-state index is 11.5. The van der Waals surface area contributed by atoms with E-state index in [4.69, 9.17) is 22.1 Å². The van der Waals surface area contributed by atoms with Crippen molar-refractivity contribution in [2.75, 3.05) is 17.7 Å². The number of esters is 1. The van der Waals surface area contributed by atoms with Crippen LogP contribution in [-0.2, 0) is 9.53 Å². The first-order chi connectivity index (χ1) is 11.4. The van der Waals surface area contributed by atoms with Crippen molar-refractivity contribution in [3.63, 3.8) is 0 Å². The van der Waals surface area contributed by atoms with Gasteiger partial charge in [0.1, 0.15) is 0 Å². The van der Waals surface area contributed by atoms with Crippen LogP contribution < -0.4 is 11.1 Å². The van der Waals surface area contributed by atoms with E-state index in [0.29, 0.717) is 18.1 Å². The number of aryl methyl sites for hydroxylation is 2. The molecule has 2 aromatic rings. The Hall–Kier alpha value is -2.27. The molecule has 1 aromatic carbocycles. The standard InChI is InChI=1S/C18H22ClN3O2/c1-4-24-16(23)10-15(19)13-5-7-14(8-6-13)22-18-17(20)11(2)9-12(3)21-18/h5-9,15H,4,10,20H2,1-3H3,(H,21,22). The number of hydrogen-bond acceptors (Lipinski definition) is 5. The van der Waals surface area contributed by atoms with E-state index in [1.54, 1.807) is 6.92 Å². The molecular weight excluding hydrogens is 326 g/mol. The number of nitrogens with two attached hydrogens (primary N) is 1. The third-order valence-corrected chi connectivity index (χ3v) is 3.99. The first-order valence-electron chi connectivity index (χ1n) is 7.81. The van der Waals surface area contributed by atoms with Gasteiger partial charge in [-0.15, -0.1) is 11.6 Å². The molecule has 5 nitrogen and oxygen atoms in total. The Bertz CT molecular complexity index is 717. The second-order valence-corrected chi connectivity index (χ2v) is 6.09. The molecule has 0 amide bonds. The monoisotopic (exact) mass is 347 g/mol. The Morgan fingerprint density at radius 1 is 1.33 bits per heavy atom. The summed E-state index contributed by atoms with van der Waals surface area (Å²) in [5.74, 6) is 0.334. The number of halogens is 1. The van der Waals surface area contributed by atoms with Crippen LogP contribution in [0.4, 0.5) is 17.2 Å². The molecular formula is C18H22ClN3O2. The van der Waals surface area contributed by atoms with Gasteiger partial charge in [-0.05, 0) is 50.1 Å². The highest BCUT2D eigenvalue weighted by Gasteiger charge is 2.14. The molecule has 0 bridgehead atoms. The summed E-state index contributed by atoms with van der Waals surface area (Å²) in [5, 5.41) is 2.80. The quantitative estimate of drug-likeness (QED) is 0.603. The number of pyridine rings is 1. The van der Waals surface area contributed by atoms with Gasteiger partial charge >= 0.3 is 5.97 Å². The molecule has 1 aromatic heterocycles. The molecule has 0 aliphatic rings. The van der Waals surface area contributed by atoms with Gasteiger partial charge in [0, 0.05) is 11.4 Å². The molecule has 3 N–H and O–H groups in total. The number of benzene rings is 1. The van der Waals surface area contributed by atoms with E-state index in [1.165, 1.54) is 0 Å². The number of nitrogen functional groups attached to an aromatic ring is 1. The van der Waals surface area contributed by atoms with Crippen molar-refractivity contribution in [3.05, 3.63) is 47.2 Å². The predicted molar refractivity (Wildman–Crippen MR) is 97.7 cm³/mol. The Kier molecular flexibility index (Phi) is 6.04. The lowest BCUT2D eigenvalue weighted by molar-refractivity contribution is -0.143. The summed E-state index contributed by atoms with van der Waals surface area (Å²) in [6.45, 7) is 6.00. The molecule has 24 heavy (non-hydrogen) atoms. The van der Waals surface area contributed by atoms with Crippen molar-refractivity contribution in [2.45, 2.75) is 32.6 Å². The van der Waals surface area contributed by atoms with Crippen molar-refractivity contribution in [1.29, 1.82) is 0 Å². The molecule has 2 rings (SSSR count). The second-order valence-electron chi connectivity index (χ2n) is 5.57. The van der Waals surface area contributed by atoms with Crippen molar-refractivity contribution < 1.29 is 9.53 Å². The molecule has 0 aliphatic heterocycles. The lowest BCUT2D eigenvalue weighted by atomic mass is 10.1. The summed E-state index contributed by atoms with van der Waals surface area (Å²) < 4.78 is 4.91. The normalized spacial score (nSPS) is 11.8. The Balaban J connectivity index is 2.08. The summed E-state index contributed by atoms with van der Waals surface area (Å²) in [5.41, 5.74) is 10.3. The smallest absolute Gasteiger partial charge is 0.307 e. The van der Waals surface area contributed by atoms with Crippen LogP contribution in [0, 0.1) is 13.8 Å². The fraction of sp³-hybridized carbons (Fsp3) is 0.333. The number of carbonyl (C=O) groups is 1. The summed E-state index contributed by atoms with van der Waals surface area (Å²) in [4.78, 5) is 15.9. The third-order valence-electron chi connectivity index (χ3n) is 3.58. The highest BCUT2D eigenvalue weighted by Crippen LogP contribution is 2.28. The van der Waals surface area contributed by atoms with Crippen LogP contribution in [-0.4, -0.2) is 17.6 Å². The average molecular weight is 348 g/mol. The van der Waals surface area contributed by atoms with Gasteiger partial charge in [0.2, 0.25) is 0 Å². The first kappa shape index (κ1) is 18.1. The van der Waals surface area contributed by atoms with E-state index >= 15 is 0 Å². The average Bonchev–Trinajstić information content (AvgIpc) is 2.53. The highest BCUT2D eigenvalue weighted by atomic mass is 35.5. The van der Waals surface area contributed by atoms with Crippen molar-refractivity contribution >= 4 is 34.8 Å². The van der Waals surface area contributed by atoms with E-state index in [0.717, 1.165) is 22.5 Å². The van der Waals surface area contributed by atoms with Gasteiger partial charge in [-0.25, -0.2) is 4.98 Å². The number of aromatic nitrogens is 1. The predicted octanol–water partition coefficient (Wildman–Crippen LogP) is 4.26. The number of rotatable bonds is 6. The SMILES string of the molecule is CCOC(=O)CC(Cl)c1ccc(Nc2nc(C)cc(C)c2N)cc1. The molecule has 0 spiro atoms. The number of nitrogens with zero attached hydrogens (tertiary/aromatic N) is 1. The summed E-state index contributed by atoms with van der Waals surface area (Å²) in [6.07, 6.45) is 0.147. The van der Waals surface area contributed by atoms with Gasteiger partial charge in [0.15, 0.2) is 5.82 Å². The second kappa shape index (κ2) is 8.02. The van der Waals surface area contributed by atoms with Gasteiger partial charge < -0.3 is 15.8 Å². The van der Waals surface area contributed by atoms with Gasteiger partial charge in [-0.2, -0.15) is 0 Å². The molecule has 128 valence electrons. The largest absolute Gasteiger partial charge is 0.466 e. The zero-order chi connectivity index (χ0) is 17.7. The van der Waals surface area contributed by atoms with E-state index < -0.39 is 5.38 Å². The van der Waals surface area contributed by atoms with Gasteiger partial charge in [-0.1, -0.05) is 12.1 Å². The molecule has 0 radical (unpaired) electrons. The van der Waals surface area contributed by atoms with Gasteiger partial charge in [0.05, 0.1) is 24.1 Å². The number of hydrogen-bond donors (Lipinski definition) is 2. The molecule has 0 saturated heterocycles. The maximum Gasteiger partial charge on any atom is 0.307 e. The van der Waals surface area contributed by atoms with Crippen LogP contribution in [0.2, 0.25) is 0 Å². The molecule has 1 heterocycles. The van der Waals surface area contributed by atoms with E-state index in [2.05, 4.69) is 10.3 Å². The van der Waals surface area contributed by atoms with Gasteiger partial charge in [-0.3, -0.25) is 4.79 Å². The lowest BCUT2D eigenvalue weighted by Crippen LogP contribution is -2.07. The van der Waals surface area contributed by atoms with E-state index in [9.17, 15) is 4.79 Å². The van der Waals surface area contributed by atoms with Gasteiger partial charge in [0.25, 0.3) is 0 Å². The van der Waals surface area contributed by atoms with Crippen LogP contribution in [0.15, 0.2) is 30.3 Å². The minimum Gasteiger partial charge on any atom is -0.466 e. The zero-order valence-electron chi connectivity index (χ0n) is 14.1. The van der Waals surface area contributed by atoms with Crippen LogP contribution in [0.5, 0.6) is 0 Å². The molecule has 0 aliphatic carbocycles. The van der Waals surface area contributed by atoms with Crippen molar-refractivity contribution in [3.8, 4) is 0 Å². The number of alkyl halides is 1. The van der Waals surface area contributed by atoms with Crippen LogP contribution in [0.3, 0.4) is 0 Å². The molecule has 0 saturated carbocycles. The highest BCUT2D eigenvalue weighted by molar-refractivity contribution is 6.21. The fourth-order valence-corrected chi connectivity index (χ4v) is 2.61. The van der Waals surface area contributed by atoms with Crippen LogP contribution in [0.1, 0.15) is 35.5 Å². The topological polar surface area (TPSA) is 77.2 Å². The number of nitrogens with one attached hydrogen (secondary N) is 1. The summed E-state index contributed by atoms with van der Waals surface area (Å²) in [6, 6.07) is 9.45. The van der Waals surface area contributed by atoms with Crippen LogP contribution >= 0.6 is 11.6 Å². The van der Waals surface area contributed by atoms with E-state index in [1.807, 2.05) is 44.2 Å². The summed E-state index contributed by atoms with van der Waals surface area (Å²) in [7, 11) is 0. The molecule has 1 atom stereocenters. The number of anilines is 3. The van der Waals surface area contributed by atoms with Crippen molar-refractivity contribution in [2.24, 2.45) is 0 Å². The lowest BCUT2D eigenvalue weighted by Gasteiger charge is -2.13. The Morgan fingerprint density at radius 2 is 2.00 bits per heavy atom.